The Hall–Kier alpha value is -2.38. The molecule has 8 heteroatoms. The molecule has 1 aliphatic rings. The maximum atomic E-state index is 11.4. The van der Waals surface area contributed by atoms with Gasteiger partial charge >= 0.3 is 6.03 Å². The number of hydrogen-bond acceptors (Lipinski definition) is 4. The number of amides is 4. The highest BCUT2D eigenvalue weighted by atomic mass is 16.2. The van der Waals surface area contributed by atoms with Crippen LogP contribution in [0, 0.1) is 0 Å². The van der Waals surface area contributed by atoms with Gasteiger partial charge in [-0.25, -0.2) is 4.79 Å². The molecule has 2 rings (SSSR count). The van der Waals surface area contributed by atoms with Crippen LogP contribution in [0.2, 0.25) is 0 Å². The van der Waals surface area contributed by atoms with Crippen LogP contribution in [-0.4, -0.2) is 46.0 Å². The van der Waals surface area contributed by atoms with Crippen LogP contribution in [0.1, 0.15) is 0 Å². The molecule has 16 heavy (non-hydrogen) atoms. The lowest BCUT2D eigenvalue weighted by atomic mass is 10.4. The van der Waals surface area contributed by atoms with Crippen molar-refractivity contribution in [1.82, 2.24) is 20.4 Å². The van der Waals surface area contributed by atoms with Gasteiger partial charge < -0.3 is 10.6 Å². The summed E-state index contributed by atoms with van der Waals surface area (Å²) in [6.45, 7) is -0.354. The predicted octanol–water partition coefficient (Wildman–Crippen LogP) is -1.10. The van der Waals surface area contributed by atoms with Gasteiger partial charge in [0.25, 0.3) is 5.91 Å². The first-order chi connectivity index (χ1) is 7.66. The Morgan fingerprint density at radius 1 is 1.56 bits per heavy atom. The Bertz CT molecular complexity index is 411. The van der Waals surface area contributed by atoms with Gasteiger partial charge in [-0.15, -0.1) is 0 Å². The molecule has 2 heterocycles. The summed E-state index contributed by atoms with van der Waals surface area (Å²) in [7, 11) is 0. The second-order valence-electron chi connectivity index (χ2n) is 3.17. The maximum Gasteiger partial charge on any atom is 0.325 e. The number of anilines is 1. The first-order valence-corrected chi connectivity index (χ1v) is 4.53. The van der Waals surface area contributed by atoms with Crippen LogP contribution in [0.5, 0.6) is 0 Å². The van der Waals surface area contributed by atoms with Gasteiger partial charge in [0.1, 0.15) is 6.54 Å². The monoisotopic (exact) mass is 223 g/mol. The number of carbonyl (C=O) groups is 3. The zero-order chi connectivity index (χ0) is 11.5. The first-order valence-electron chi connectivity index (χ1n) is 4.53. The molecule has 0 aromatic carbocycles. The topological polar surface area (TPSA) is 107 Å². The van der Waals surface area contributed by atoms with Crippen LogP contribution in [0.25, 0.3) is 0 Å². The predicted molar refractivity (Wildman–Crippen MR) is 52.3 cm³/mol. The van der Waals surface area contributed by atoms with Gasteiger partial charge in [-0.2, -0.15) is 5.10 Å². The Morgan fingerprint density at radius 3 is 2.94 bits per heavy atom. The lowest BCUT2D eigenvalue weighted by Crippen LogP contribution is -2.38. The number of H-pyrrole nitrogens is 1. The summed E-state index contributed by atoms with van der Waals surface area (Å²) in [5.74, 6) is -0.862. The molecule has 1 aliphatic heterocycles. The number of aromatic nitrogens is 2. The molecule has 0 aliphatic carbocycles. The van der Waals surface area contributed by atoms with Gasteiger partial charge in [-0.3, -0.25) is 19.6 Å². The normalized spacial score (nSPS) is 15.1. The van der Waals surface area contributed by atoms with E-state index >= 15 is 0 Å². The standard InChI is InChI=1S/C8H9N5O3/c14-6(12-5-1-10-11-2-5)4-13-7(15)3-9-8(13)16/h1-2H,3-4H2,(H,9,16)(H,10,11)(H,12,14). The quantitative estimate of drug-likeness (QED) is 0.565. The van der Waals surface area contributed by atoms with Crippen LogP contribution in [0.15, 0.2) is 12.4 Å². The van der Waals surface area contributed by atoms with Gasteiger partial charge in [0.2, 0.25) is 5.91 Å². The Balaban J connectivity index is 1.92. The third-order valence-corrected chi connectivity index (χ3v) is 2.02. The molecular formula is C8H9N5O3. The number of nitrogens with one attached hydrogen (secondary N) is 3. The fourth-order valence-corrected chi connectivity index (χ4v) is 1.28. The molecule has 0 unspecified atom stereocenters. The third-order valence-electron chi connectivity index (χ3n) is 2.02. The van der Waals surface area contributed by atoms with Crippen molar-refractivity contribution in [2.75, 3.05) is 18.4 Å². The van der Waals surface area contributed by atoms with E-state index in [2.05, 4.69) is 20.8 Å². The summed E-state index contributed by atoms with van der Waals surface area (Å²) in [6.07, 6.45) is 2.91. The van der Waals surface area contributed by atoms with E-state index in [1.807, 2.05) is 0 Å². The Morgan fingerprint density at radius 2 is 2.38 bits per heavy atom. The highest BCUT2D eigenvalue weighted by Gasteiger charge is 2.30. The maximum absolute atomic E-state index is 11.4. The number of aromatic amines is 1. The second-order valence-corrected chi connectivity index (χ2v) is 3.17. The molecule has 0 spiro atoms. The number of urea groups is 1. The van der Waals surface area contributed by atoms with E-state index in [0.717, 1.165) is 4.90 Å². The number of rotatable bonds is 3. The van der Waals surface area contributed by atoms with Crippen molar-refractivity contribution in [2.45, 2.75) is 0 Å². The van der Waals surface area contributed by atoms with E-state index < -0.39 is 17.8 Å². The second kappa shape index (κ2) is 4.01. The van der Waals surface area contributed by atoms with Crippen LogP contribution in [0.4, 0.5) is 10.5 Å². The third kappa shape index (κ3) is 2.00. The van der Waals surface area contributed by atoms with E-state index in [-0.39, 0.29) is 13.1 Å². The van der Waals surface area contributed by atoms with E-state index in [9.17, 15) is 14.4 Å². The summed E-state index contributed by atoms with van der Waals surface area (Å²) >= 11 is 0. The van der Waals surface area contributed by atoms with Crippen molar-refractivity contribution in [2.24, 2.45) is 0 Å². The van der Waals surface area contributed by atoms with Crippen molar-refractivity contribution < 1.29 is 14.4 Å². The zero-order valence-electron chi connectivity index (χ0n) is 8.19. The lowest BCUT2D eigenvalue weighted by molar-refractivity contribution is -0.128. The minimum Gasteiger partial charge on any atom is -0.329 e. The highest BCUT2D eigenvalue weighted by Crippen LogP contribution is 2.03. The van der Waals surface area contributed by atoms with E-state index in [1.165, 1.54) is 12.4 Å². The summed E-state index contributed by atoms with van der Waals surface area (Å²) in [4.78, 5) is 34.6. The lowest BCUT2D eigenvalue weighted by Gasteiger charge is -2.11. The molecule has 1 saturated heterocycles. The Kier molecular flexibility index (Phi) is 2.54. The molecule has 1 aromatic heterocycles. The fraction of sp³-hybridized carbons (Fsp3) is 0.250. The molecule has 4 amide bonds. The first kappa shape index (κ1) is 10.1. The molecule has 0 atom stereocenters. The smallest absolute Gasteiger partial charge is 0.325 e. The molecule has 8 nitrogen and oxygen atoms in total. The van der Waals surface area contributed by atoms with Gasteiger partial charge in [0, 0.05) is 6.20 Å². The molecule has 1 aromatic rings. The van der Waals surface area contributed by atoms with E-state index in [0.29, 0.717) is 5.69 Å². The minimum absolute atomic E-state index is 0.0577. The molecular weight excluding hydrogens is 214 g/mol. The molecule has 84 valence electrons. The Labute approximate surface area is 90.0 Å². The summed E-state index contributed by atoms with van der Waals surface area (Å²) in [6, 6.07) is -0.549. The SMILES string of the molecule is O=C(CN1C(=O)CNC1=O)Nc1cn[nH]c1. The number of nitrogens with zero attached hydrogens (tertiary/aromatic N) is 2. The number of carbonyl (C=O) groups excluding carboxylic acids is 3. The van der Waals surface area contributed by atoms with Crippen LogP contribution < -0.4 is 10.6 Å². The zero-order valence-corrected chi connectivity index (χ0v) is 8.19. The minimum atomic E-state index is -0.549. The number of hydrogen-bond donors (Lipinski definition) is 3. The van der Waals surface area contributed by atoms with Gasteiger partial charge in [-0.1, -0.05) is 0 Å². The average Bonchev–Trinajstić information content (AvgIpc) is 2.83. The van der Waals surface area contributed by atoms with Crippen molar-refractivity contribution in [3.05, 3.63) is 12.4 Å². The van der Waals surface area contributed by atoms with Crippen molar-refractivity contribution in [3.63, 3.8) is 0 Å². The van der Waals surface area contributed by atoms with Gasteiger partial charge in [0.15, 0.2) is 0 Å². The van der Waals surface area contributed by atoms with Gasteiger partial charge in [0.05, 0.1) is 18.4 Å². The molecule has 1 fully saturated rings. The number of imide groups is 1. The molecule has 0 radical (unpaired) electrons. The molecule has 0 bridgehead atoms. The van der Waals surface area contributed by atoms with Crippen molar-refractivity contribution in [3.8, 4) is 0 Å². The van der Waals surface area contributed by atoms with Crippen LogP contribution in [0.3, 0.4) is 0 Å². The summed E-state index contributed by atoms with van der Waals surface area (Å²) in [5.41, 5.74) is 0.483. The highest BCUT2D eigenvalue weighted by molar-refractivity contribution is 6.06. The van der Waals surface area contributed by atoms with Crippen molar-refractivity contribution >= 4 is 23.5 Å². The fourth-order valence-electron chi connectivity index (χ4n) is 1.28. The largest absolute Gasteiger partial charge is 0.329 e. The average molecular weight is 223 g/mol. The molecule has 0 saturated carbocycles. The molecule has 3 N–H and O–H groups in total. The van der Waals surface area contributed by atoms with E-state index in [4.69, 9.17) is 0 Å². The summed E-state index contributed by atoms with van der Waals surface area (Å²) < 4.78 is 0. The summed E-state index contributed by atoms with van der Waals surface area (Å²) in [5, 5.41) is 11.0. The van der Waals surface area contributed by atoms with Gasteiger partial charge in [-0.05, 0) is 0 Å². The van der Waals surface area contributed by atoms with Crippen LogP contribution >= 0.6 is 0 Å². The van der Waals surface area contributed by atoms with Crippen molar-refractivity contribution in [1.29, 1.82) is 0 Å². The van der Waals surface area contributed by atoms with E-state index in [1.54, 1.807) is 0 Å². The van der Waals surface area contributed by atoms with Crippen LogP contribution in [-0.2, 0) is 9.59 Å².